The van der Waals surface area contributed by atoms with E-state index < -0.39 is 0 Å². The van der Waals surface area contributed by atoms with E-state index in [9.17, 15) is 0 Å². The molecule has 21 heavy (non-hydrogen) atoms. The van der Waals surface area contributed by atoms with Crippen LogP contribution in [0.4, 0.5) is 0 Å². The Labute approximate surface area is 128 Å². The molecule has 1 aliphatic heterocycles. The molecule has 1 aromatic heterocycles. The van der Waals surface area contributed by atoms with Gasteiger partial charge >= 0.3 is 0 Å². The molecular formula is C16H19NO3S. The van der Waals surface area contributed by atoms with E-state index in [4.69, 9.17) is 13.9 Å². The third-order valence-electron chi connectivity index (χ3n) is 3.47. The van der Waals surface area contributed by atoms with E-state index in [-0.39, 0.29) is 6.04 Å². The molecule has 1 aliphatic rings. The summed E-state index contributed by atoms with van der Waals surface area (Å²) in [5.74, 6) is 3.57. The van der Waals surface area contributed by atoms with E-state index >= 15 is 0 Å². The van der Waals surface area contributed by atoms with Gasteiger partial charge in [-0.1, -0.05) is 13.0 Å². The van der Waals surface area contributed by atoms with Gasteiger partial charge in [0.05, 0.1) is 6.26 Å². The van der Waals surface area contributed by atoms with Gasteiger partial charge in [-0.2, -0.15) is 0 Å². The lowest BCUT2D eigenvalue weighted by Crippen LogP contribution is -2.22. The largest absolute Gasteiger partial charge is 0.468 e. The number of hydrogen-bond donors (Lipinski definition) is 1. The summed E-state index contributed by atoms with van der Waals surface area (Å²) in [6.07, 6.45) is 1.74. The number of aryl methyl sites for hydroxylation is 1. The molecule has 1 N–H and O–H groups in total. The van der Waals surface area contributed by atoms with Crippen LogP contribution in [0.25, 0.3) is 0 Å². The zero-order valence-electron chi connectivity index (χ0n) is 12.2. The summed E-state index contributed by atoms with van der Waals surface area (Å²) in [5.41, 5.74) is 1.22. The first-order valence-corrected chi connectivity index (χ1v) is 8.06. The van der Waals surface area contributed by atoms with Crippen molar-refractivity contribution in [1.82, 2.24) is 5.32 Å². The topological polar surface area (TPSA) is 43.6 Å². The maximum atomic E-state index is 5.47. The van der Waals surface area contributed by atoms with Crippen LogP contribution in [0.15, 0.2) is 39.8 Å². The SMILES string of the molecule is CCNC(CSc1ccoc1C)c1ccc2c(c1)OCO2. The molecule has 1 unspecified atom stereocenters. The van der Waals surface area contributed by atoms with Crippen LogP contribution in [-0.2, 0) is 0 Å². The van der Waals surface area contributed by atoms with Gasteiger partial charge < -0.3 is 19.2 Å². The van der Waals surface area contributed by atoms with Crippen molar-refractivity contribution in [3.8, 4) is 11.5 Å². The smallest absolute Gasteiger partial charge is 0.231 e. The van der Waals surface area contributed by atoms with E-state index in [1.807, 2.05) is 19.1 Å². The Morgan fingerprint density at radius 1 is 1.24 bits per heavy atom. The van der Waals surface area contributed by atoms with E-state index in [1.54, 1.807) is 18.0 Å². The number of ether oxygens (including phenoxy) is 2. The van der Waals surface area contributed by atoms with Gasteiger partial charge in [0, 0.05) is 16.7 Å². The van der Waals surface area contributed by atoms with Crippen molar-refractivity contribution in [2.45, 2.75) is 24.8 Å². The number of fused-ring (bicyclic) bond motifs is 1. The first-order chi connectivity index (χ1) is 10.3. The zero-order chi connectivity index (χ0) is 14.7. The van der Waals surface area contributed by atoms with E-state index in [1.165, 1.54) is 10.5 Å². The molecule has 0 amide bonds. The molecule has 0 spiro atoms. The van der Waals surface area contributed by atoms with E-state index in [0.717, 1.165) is 29.6 Å². The van der Waals surface area contributed by atoms with Gasteiger partial charge in [0.2, 0.25) is 6.79 Å². The molecular weight excluding hydrogens is 286 g/mol. The van der Waals surface area contributed by atoms with Crippen molar-refractivity contribution in [2.24, 2.45) is 0 Å². The Morgan fingerprint density at radius 3 is 2.86 bits per heavy atom. The minimum atomic E-state index is 0.267. The number of rotatable bonds is 6. The number of hydrogen-bond acceptors (Lipinski definition) is 5. The van der Waals surface area contributed by atoms with Crippen LogP contribution in [0.2, 0.25) is 0 Å². The van der Waals surface area contributed by atoms with Crippen LogP contribution >= 0.6 is 11.8 Å². The van der Waals surface area contributed by atoms with Crippen LogP contribution in [0.1, 0.15) is 24.3 Å². The molecule has 0 aliphatic carbocycles. The minimum Gasteiger partial charge on any atom is -0.468 e. The van der Waals surface area contributed by atoms with Gasteiger partial charge in [-0.3, -0.25) is 0 Å². The molecule has 5 heteroatoms. The monoisotopic (exact) mass is 305 g/mol. The van der Waals surface area contributed by atoms with Crippen LogP contribution in [0, 0.1) is 6.92 Å². The second-order valence-electron chi connectivity index (χ2n) is 4.88. The Kier molecular flexibility index (Phi) is 4.41. The first-order valence-electron chi connectivity index (χ1n) is 7.07. The third kappa shape index (κ3) is 3.19. The summed E-state index contributed by atoms with van der Waals surface area (Å²) < 4.78 is 16.2. The highest BCUT2D eigenvalue weighted by Crippen LogP contribution is 2.35. The predicted molar refractivity (Wildman–Crippen MR) is 83.2 cm³/mol. The number of furan rings is 1. The van der Waals surface area contributed by atoms with E-state index in [2.05, 4.69) is 24.4 Å². The maximum Gasteiger partial charge on any atom is 0.231 e. The summed E-state index contributed by atoms with van der Waals surface area (Å²) in [4.78, 5) is 1.19. The molecule has 0 fully saturated rings. The van der Waals surface area contributed by atoms with Gasteiger partial charge in [-0.25, -0.2) is 0 Å². The molecule has 4 nitrogen and oxygen atoms in total. The van der Waals surface area contributed by atoms with Crippen LogP contribution in [0.5, 0.6) is 11.5 Å². The second-order valence-corrected chi connectivity index (χ2v) is 5.94. The molecule has 112 valence electrons. The lowest BCUT2D eigenvalue weighted by atomic mass is 10.1. The zero-order valence-corrected chi connectivity index (χ0v) is 13.0. The highest BCUT2D eigenvalue weighted by Gasteiger charge is 2.18. The van der Waals surface area contributed by atoms with Crippen molar-refractivity contribution in [2.75, 3.05) is 19.1 Å². The van der Waals surface area contributed by atoms with Gasteiger partial charge in [-0.15, -0.1) is 11.8 Å². The maximum absolute atomic E-state index is 5.47. The molecule has 1 atom stereocenters. The second kappa shape index (κ2) is 6.45. The van der Waals surface area contributed by atoms with Gasteiger partial charge in [0.15, 0.2) is 11.5 Å². The molecule has 0 radical (unpaired) electrons. The Bertz CT molecular complexity index is 611. The van der Waals surface area contributed by atoms with Gasteiger partial charge in [0.1, 0.15) is 5.76 Å². The van der Waals surface area contributed by atoms with Crippen molar-refractivity contribution in [1.29, 1.82) is 0 Å². The molecule has 2 aromatic rings. The third-order valence-corrected chi connectivity index (χ3v) is 4.70. The lowest BCUT2D eigenvalue weighted by molar-refractivity contribution is 0.174. The van der Waals surface area contributed by atoms with Crippen molar-refractivity contribution < 1.29 is 13.9 Å². The standard InChI is InChI=1S/C16H19NO3S/c1-3-17-13(9-21-16-6-7-18-11(16)2)12-4-5-14-15(8-12)20-10-19-14/h4-8,13,17H,3,9-10H2,1-2H3. The quantitative estimate of drug-likeness (QED) is 0.823. The first kappa shape index (κ1) is 14.4. The Hall–Kier alpha value is -1.59. The van der Waals surface area contributed by atoms with Crippen molar-refractivity contribution in [3.63, 3.8) is 0 Å². The van der Waals surface area contributed by atoms with Gasteiger partial charge in [0.25, 0.3) is 0 Å². The van der Waals surface area contributed by atoms with E-state index in [0.29, 0.717) is 6.79 Å². The Balaban J connectivity index is 1.73. The predicted octanol–water partition coefficient (Wildman–Crippen LogP) is 3.76. The fourth-order valence-electron chi connectivity index (χ4n) is 2.35. The average molecular weight is 305 g/mol. The fraction of sp³-hybridized carbons (Fsp3) is 0.375. The fourth-order valence-corrected chi connectivity index (χ4v) is 3.41. The average Bonchev–Trinajstić information content (AvgIpc) is 3.11. The highest BCUT2D eigenvalue weighted by molar-refractivity contribution is 7.99. The highest BCUT2D eigenvalue weighted by atomic mass is 32.2. The number of nitrogens with one attached hydrogen (secondary N) is 1. The Morgan fingerprint density at radius 2 is 2.10 bits per heavy atom. The number of thioether (sulfide) groups is 1. The van der Waals surface area contributed by atoms with Gasteiger partial charge in [-0.05, 0) is 37.2 Å². The van der Waals surface area contributed by atoms with Crippen LogP contribution in [-0.4, -0.2) is 19.1 Å². The lowest BCUT2D eigenvalue weighted by Gasteiger charge is -2.18. The van der Waals surface area contributed by atoms with Crippen LogP contribution < -0.4 is 14.8 Å². The summed E-state index contributed by atoms with van der Waals surface area (Å²) in [5, 5.41) is 3.52. The minimum absolute atomic E-state index is 0.267. The van der Waals surface area contributed by atoms with Crippen molar-refractivity contribution >= 4 is 11.8 Å². The molecule has 1 aromatic carbocycles. The summed E-state index contributed by atoms with van der Waals surface area (Å²) in [6.45, 7) is 5.34. The molecule has 0 saturated carbocycles. The summed E-state index contributed by atoms with van der Waals surface area (Å²) >= 11 is 1.80. The van der Waals surface area contributed by atoms with Crippen LogP contribution in [0.3, 0.4) is 0 Å². The summed E-state index contributed by atoms with van der Waals surface area (Å²) in [7, 11) is 0. The van der Waals surface area contributed by atoms with Crippen molar-refractivity contribution in [3.05, 3.63) is 41.9 Å². The molecule has 0 bridgehead atoms. The summed E-state index contributed by atoms with van der Waals surface area (Å²) in [6, 6.07) is 8.43. The number of benzene rings is 1. The molecule has 2 heterocycles. The molecule has 3 rings (SSSR count). The normalized spacial score (nSPS) is 14.4. The molecule has 0 saturated heterocycles.